The number of unbranched alkanes of at least 4 members (excludes halogenated alkanes) is 2. The van der Waals surface area contributed by atoms with E-state index in [-0.39, 0.29) is 5.78 Å². The van der Waals surface area contributed by atoms with Gasteiger partial charge in [-0.1, -0.05) is 42.8 Å². The first-order valence-corrected chi connectivity index (χ1v) is 10.1. The maximum absolute atomic E-state index is 12.4. The number of nitrogens with zero attached hydrogens (tertiary/aromatic N) is 3. The molecule has 0 aliphatic heterocycles. The molecule has 4 nitrogen and oxygen atoms in total. The lowest BCUT2D eigenvalue weighted by Crippen LogP contribution is -2.09. The summed E-state index contributed by atoms with van der Waals surface area (Å²) in [5.41, 5.74) is 4.64. The fourth-order valence-electron chi connectivity index (χ4n) is 3.20. The quantitative estimate of drug-likeness (QED) is 0.339. The molecule has 0 saturated carbocycles. The maximum atomic E-state index is 12.4. The Balaban J connectivity index is 1.51. The molecule has 0 fully saturated rings. The zero-order chi connectivity index (χ0) is 20.5. The van der Waals surface area contributed by atoms with Crippen LogP contribution in [-0.4, -0.2) is 21.5 Å². The molecule has 0 saturated heterocycles. The minimum atomic E-state index is 0.0970. The van der Waals surface area contributed by atoms with E-state index in [4.69, 9.17) is 0 Å². The van der Waals surface area contributed by atoms with Gasteiger partial charge in [-0.25, -0.2) is 9.98 Å². The standard InChI is InChI=1S/C25H27N3O/c1-19-17-22(23-14-9-10-16-26-23)18-27-25(19)28-20(2)24(29)15-8-4-7-13-21-11-5-3-6-12-21/h3,5-6,9-12,14,16-18H,4,7-8,13,15H2,1-2H3/b28-20+. The molecular formula is C25H27N3O. The number of benzene rings is 1. The van der Waals surface area contributed by atoms with Gasteiger partial charge in [0.1, 0.15) is 0 Å². The summed E-state index contributed by atoms with van der Waals surface area (Å²) in [5, 5.41) is 0. The lowest BCUT2D eigenvalue weighted by atomic mass is 10.0. The Kier molecular flexibility index (Phi) is 7.40. The molecule has 0 bridgehead atoms. The number of hydrogen-bond donors (Lipinski definition) is 0. The first-order valence-electron chi connectivity index (χ1n) is 10.1. The Hall–Kier alpha value is -3.14. The molecular weight excluding hydrogens is 358 g/mol. The van der Waals surface area contributed by atoms with E-state index in [9.17, 15) is 4.79 Å². The van der Waals surface area contributed by atoms with Crippen molar-refractivity contribution in [2.75, 3.05) is 0 Å². The molecule has 0 aliphatic carbocycles. The van der Waals surface area contributed by atoms with Gasteiger partial charge in [0.25, 0.3) is 0 Å². The fourth-order valence-corrected chi connectivity index (χ4v) is 3.20. The van der Waals surface area contributed by atoms with Crippen LogP contribution in [0, 0.1) is 6.92 Å². The predicted octanol–water partition coefficient (Wildman–Crippen LogP) is 5.92. The van der Waals surface area contributed by atoms with E-state index < -0.39 is 0 Å². The Morgan fingerprint density at radius 3 is 2.48 bits per heavy atom. The van der Waals surface area contributed by atoms with Crippen molar-refractivity contribution in [1.29, 1.82) is 0 Å². The number of carbonyl (C=O) groups excluding carboxylic acids is 1. The Bertz CT molecular complexity index is 966. The maximum Gasteiger partial charge on any atom is 0.176 e. The molecule has 0 N–H and O–H groups in total. The van der Waals surface area contributed by atoms with E-state index in [1.165, 1.54) is 5.56 Å². The third-order valence-electron chi connectivity index (χ3n) is 4.90. The zero-order valence-corrected chi connectivity index (χ0v) is 17.1. The van der Waals surface area contributed by atoms with Gasteiger partial charge in [-0.2, -0.15) is 0 Å². The lowest BCUT2D eigenvalue weighted by Gasteiger charge is -2.06. The van der Waals surface area contributed by atoms with Gasteiger partial charge < -0.3 is 0 Å². The summed E-state index contributed by atoms with van der Waals surface area (Å²) in [5.74, 6) is 0.694. The fraction of sp³-hybridized carbons (Fsp3) is 0.280. The number of Topliss-reactive ketones (excluding diaryl/α,β-unsaturated/α-hetero) is 1. The van der Waals surface area contributed by atoms with Crippen molar-refractivity contribution < 1.29 is 4.79 Å². The highest BCUT2D eigenvalue weighted by atomic mass is 16.1. The minimum Gasteiger partial charge on any atom is -0.293 e. The molecule has 0 amide bonds. The number of aliphatic imine (C=N–C) groups is 1. The zero-order valence-electron chi connectivity index (χ0n) is 17.1. The van der Waals surface area contributed by atoms with Crippen LogP contribution in [0.25, 0.3) is 11.3 Å². The summed E-state index contributed by atoms with van der Waals surface area (Å²) in [6.45, 7) is 3.74. The van der Waals surface area contributed by atoms with Gasteiger partial charge >= 0.3 is 0 Å². The van der Waals surface area contributed by atoms with Gasteiger partial charge in [-0.3, -0.25) is 9.78 Å². The van der Waals surface area contributed by atoms with Crippen molar-refractivity contribution >= 4 is 17.3 Å². The Morgan fingerprint density at radius 1 is 0.966 bits per heavy atom. The van der Waals surface area contributed by atoms with E-state index in [2.05, 4.69) is 39.2 Å². The van der Waals surface area contributed by atoms with Crippen LogP contribution in [0.5, 0.6) is 0 Å². The molecule has 0 aliphatic rings. The number of rotatable bonds is 9. The normalized spacial score (nSPS) is 11.4. The van der Waals surface area contributed by atoms with E-state index >= 15 is 0 Å². The van der Waals surface area contributed by atoms with E-state index in [0.717, 1.165) is 42.5 Å². The third kappa shape index (κ3) is 6.18. The van der Waals surface area contributed by atoms with Gasteiger partial charge in [-0.15, -0.1) is 0 Å². The van der Waals surface area contributed by atoms with E-state index in [0.29, 0.717) is 18.0 Å². The molecule has 3 rings (SSSR count). The molecule has 4 heteroatoms. The summed E-state index contributed by atoms with van der Waals surface area (Å²) in [4.78, 5) is 25.7. The molecule has 0 atom stereocenters. The second-order valence-electron chi connectivity index (χ2n) is 7.25. The van der Waals surface area contributed by atoms with Crippen LogP contribution >= 0.6 is 0 Å². The number of aromatic nitrogens is 2. The monoisotopic (exact) mass is 385 g/mol. The van der Waals surface area contributed by atoms with Crippen molar-refractivity contribution in [2.45, 2.75) is 46.0 Å². The summed E-state index contributed by atoms with van der Waals surface area (Å²) < 4.78 is 0. The molecule has 0 radical (unpaired) electrons. The summed E-state index contributed by atoms with van der Waals surface area (Å²) in [7, 11) is 0. The summed E-state index contributed by atoms with van der Waals surface area (Å²) >= 11 is 0. The number of carbonyl (C=O) groups is 1. The number of ketones is 1. The van der Waals surface area contributed by atoms with Crippen molar-refractivity contribution in [3.05, 3.63) is 78.1 Å². The molecule has 1 aromatic carbocycles. The average molecular weight is 386 g/mol. The summed E-state index contributed by atoms with van der Waals surface area (Å²) in [6, 6.07) is 18.3. The van der Waals surface area contributed by atoms with Crippen LogP contribution in [0.1, 0.15) is 43.7 Å². The second kappa shape index (κ2) is 10.4. The molecule has 2 aromatic heterocycles. The third-order valence-corrected chi connectivity index (χ3v) is 4.90. The largest absolute Gasteiger partial charge is 0.293 e. The molecule has 0 unspecified atom stereocenters. The van der Waals surface area contributed by atoms with Crippen LogP contribution in [-0.2, 0) is 11.2 Å². The number of pyridine rings is 2. The van der Waals surface area contributed by atoms with E-state index in [1.807, 2.05) is 37.3 Å². The van der Waals surface area contributed by atoms with E-state index in [1.54, 1.807) is 19.3 Å². The molecule has 0 spiro atoms. The molecule has 29 heavy (non-hydrogen) atoms. The van der Waals surface area contributed by atoms with Gasteiger partial charge in [0, 0.05) is 24.4 Å². The van der Waals surface area contributed by atoms with Crippen LogP contribution < -0.4 is 0 Å². The minimum absolute atomic E-state index is 0.0970. The van der Waals surface area contributed by atoms with Gasteiger partial charge in [0.2, 0.25) is 0 Å². The molecule has 2 heterocycles. The first kappa shape index (κ1) is 20.6. The van der Waals surface area contributed by atoms with Gasteiger partial charge in [0.05, 0.1) is 11.4 Å². The number of hydrogen-bond acceptors (Lipinski definition) is 4. The highest BCUT2D eigenvalue weighted by molar-refractivity contribution is 6.39. The molecule has 3 aromatic rings. The van der Waals surface area contributed by atoms with Crippen molar-refractivity contribution in [3.8, 4) is 11.3 Å². The Morgan fingerprint density at radius 2 is 1.76 bits per heavy atom. The van der Waals surface area contributed by atoms with Gasteiger partial charge in [0.15, 0.2) is 11.6 Å². The first-order chi connectivity index (χ1) is 14.1. The topological polar surface area (TPSA) is 55.2 Å². The van der Waals surface area contributed by atoms with Crippen LogP contribution in [0.2, 0.25) is 0 Å². The van der Waals surface area contributed by atoms with Crippen LogP contribution in [0.3, 0.4) is 0 Å². The highest BCUT2D eigenvalue weighted by Gasteiger charge is 2.09. The second-order valence-corrected chi connectivity index (χ2v) is 7.25. The SMILES string of the molecule is C/C(=N\c1ncc(-c2ccccn2)cc1C)C(=O)CCCCCc1ccccc1. The highest BCUT2D eigenvalue weighted by Crippen LogP contribution is 2.22. The van der Waals surface area contributed by atoms with Crippen molar-refractivity contribution in [3.63, 3.8) is 0 Å². The molecule has 148 valence electrons. The van der Waals surface area contributed by atoms with Crippen molar-refractivity contribution in [1.82, 2.24) is 9.97 Å². The van der Waals surface area contributed by atoms with Crippen LogP contribution in [0.4, 0.5) is 5.82 Å². The lowest BCUT2D eigenvalue weighted by molar-refractivity contribution is -0.113. The van der Waals surface area contributed by atoms with Gasteiger partial charge in [-0.05, 0) is 62.4 Å². The summed E-state index contributed by atoms with van der Waals surface area (Å²) in [6.07, 6.45) is 8.16. The Labute approximate surface area is 172 Å². The van der Waals surface area contributed by atoms with Crippen molar-refractivity contribution in [2.24, 2.45) is 4.99 Å². The van der Waals surface area contributed by atoms with Crippen LogP contribution in [0.15, 0.2) is 72.0 Å². The average Bonchev–Trinajstić information content (AvgIpc) is 2.76. The smallest absolute Gasteiger partial charge is 0.176 e. The predicted molar refractivity (Wildman–Crippen MR) is 119 cm³/mol. The number of aryl methyl sites for hydroxylation is 2.